The number of carbonyl (C=O) groups excluding carboxylic acids is 1. The Morgan fingerprint density at radius 3 is 2.35 bits per heavy atom. The highest BCUT2D eigenvalue weighted by Gasteiger charge is 2.34. The van der Waals surface area contributed by atoms with E-state index in [4.69, 9.17) is 9.47 Å². The molecule has 0 saturated carbocycles. The van der Waals surface area contributed by atoms with Gasteiger partial charge in [0.25, 0.3) is 5.91 Å². The fourth-order valence-electron chi connectivity index (χ4n) is 2.56. The first-order valence-corrected chi connectivity index (χ1v) is 9.49. The van der Waals surface area contributed by atoms with E-state index in [1.807, 2.05) is 6.07 Å². The molecule has 2 atom stereocenters. The number of anilines is 1. The molecule has 0 radical (unpaired) electrons. The van der Waals surface area contributed by atoms with Gasteiger partial charge in [-0.25, -0.2) is 12.7 Å². The summed E-state index contributed by atoms with van der Waals surface area (Å²) in [7, 11) is -0.682. The predicted octanol–water partition coefficient (Wildman–Crippen LogP) is 2.10. The van der Waals surface area contributed by atoms with Gasteiger partial charge in [0.15, 0.2) is 11.5 Å². The molecule has 0 bridgehead atoms. The first kappa shape index (κ1) is 18.2. The molecule has 138 valence electrons. The molecule has 0 aromatic heterocycles. The quantitative estimate of drug-likeness (QED) is 0.883. The average molecular weight is 376 g/mol. The van der Waals surface area contributed by atoms with Gasteiger partial charge in [0.2, 0.25) is 16.1 Å². The van der Waals surface area contributed by atoms with E-state index < -0.39 is 28.1 Å². The van der Waals surface area contributed by atoms with Crippen molar-refractivity contribution in [3.63, 3.8) is 0 Å². The number of nitrogens with zero attached hydrogens (tertiary/aromatic N) is 1. The van der Waals surface area contributed by atoms with Gasteiger partial charge >= 0.3 is 0 Å². The summed E-state index contributed by atoms with van der Waals surface area (Å²) in [6, 6.07) is 13.2. The zero-order chi connectivity index (χ0) is 18.9. The van der Waals surface area contributed by atoms with Crippen LogP contribution in [-0.4, -0.2) is 44.9 Å². The molecule has 0 spiro atoms. The fourth-order valence-corrected chi connectivity index (χ4v) is 3.51. The van der Waals surface area contributed by atoms with Gasteiger partial charge < -0.3 is 14.8 Å². The Balaban J connectivity index is 1.79. The maximum Gasteiger partial charge on any atom is 0.269 e. The third-order valence-electron chi connectivity index (χ3n) is 3.98. The molecule has 26 heavy (non-hydrogen) atoms. The van der Waals surface area contributed by atoms with Gasteiger partial charge in [-0.05, 0) is 37.3 Å². The van der Waals surface area contributed by atoms with Crippen LogP contribution in [-0.2, 0) is 14.8 Å². The number of benzene rings is 2. The summed E-state index contributed by atoms with van der Waals surface area (Å²) in [5, 5.41) is 2.70. The minimum Gasteiger partial charge on any atom is -0.482 e. The van der Waals surface area contributed by atoms with E-state index in [0.29, 0.717) is 17.2 Å². The van der Waals surface area contributed by atoms with Gasteiger partial charge in [-0.3, -0.25) is 4.79 Å². The molecule has 3 rings (SSSR count). The van der Waals surface area contributed by atoms with Crippen molar-refractivity contribution in [1.29, 1.82) is 0 Å². The Hall–Kier alpha value is -2.58. The van der Waals surface area contributed by atoms with Crippen molar-refractivity contribution >= 4 is 21.6 Å². The van der Waals surface area contributed by atoms with Crippen LogP contribution >= 0.6 is 0 Å². The van der Waals surface area contributed by atoms with Crippen molar-refractivity contribution < 1.29 is 22.7 Å². The van der Waals surface area contributed by atoms with Crippen LogP contribution in [0.2, 0.25) is 0 Å². The number of hydrogen-bond acceptors (Lipinski definition) is 5. The predicted molar refractivity (Wildman–Crippen MR) is 96.9 cm³/mol. The molecule has 0 aliphatic carbocycles. The monoisotopic (exact) mass is 376 g/mol. The number of ether oxygens (including phenoxy) is 2. The lowest BCUT2D eigenvalue weighted by Gasteiger charge is -2.31. The van der Waals surface area contributed by atoms with Crippen molar-refractivity contribution in [2.24, 2.45) is 0 Å². The van der Waals surface area contributed by atoms with Crippen LogP contribution < -0.4 is 14.8 Å². The lowest BCUT2D eigenvalue weighted by atomic mass is 10.1. The lowest BCUT2D eigenvalue weighted by molar-refractivity contribution is -0.128. The second kappa shape index (κ2) is 6.97. The van der Waals surface area contributed by atoms with E-state index in [1.54, 1.807) is 37.3 Å². The number of carbonyl (C=O) groups is 1. The summed E-state index contributed by atoms with van der Waals surface area (Å²) in [5.74, 6) is 0.671. The molecular weight excluding hydrogens is 356 g/mol. The van der Waals surface area contributed by atoms with Crippen LogP contribution in [0, 0.1) is 0 Å². The molecule has 1 N–H and O–H groups in total. The Kier molecular flexibility index (Phi) is 4.88. The molecule has 2 aromatic carbocycles. The highest BCUT2D eigenvalue weighted by molar-refractivity contribution is 7.89. The molecule has 0 saturated heterocycles. The first-order chi connectivity index (χ1) is 12.3. The standard InChI is InChI=1S/C18H20N2O5S/c1-12-17(25-16-10-5-4-9-15(16)24-12)18(21)19-13-7-6-8-14(11-13)26(22,23)20(2)3/h4-12,17H,1-3H3,(H,19,21)/t12-,17-/m1/s1. The van der Waals surface area contributed by atoms with Crippen LogP contribution in [0.25, 0.3) is 0 Å². The summed E-state index contributed by atoms with van der Waals surface area (Å²) in [6.07, 6.45) is -1.34. The summed E-state index contributed by atoms with van der Waals surface area (Å²) in [5.41, 5.74) is 0.368. The smallest absolute Gasteiger partial charge is 0.269 e. The molecule has 1 heterocycles. The molecule has 0 unspecified atom stereocenters. The Labute approximate surface area is 152 Å². The van der Waals surface area contributed by atoms with Crippen molar-refractivity contribution in [3.8, 4) is 11.5 Å². The summed E-state index contributed by atoms with van der Waals surface area (Å²) in [6.45, 7) is 1.74. The number of nitrogens with one attached hydrogen (secondary N) is 1. The van der Waals surface area contributed by atoms with E-state index >= 15 is 0 Å². The third-order valence-corrected chi connectivity index (χ3v) is 5.79. The normalized spacial score (nSPS) is 19.2. The zero-order valence-electron chi connectivity index (χ0n) is 14.7. The minimum atomic E-state index is -3.58. The molecule has 1 amide bonds. The van der Waals surface area contributed by atoms with Crippen molar-refractivity contribution in [2.45, 2.75) is 24.0 Å². The van der Waals surface area contributed by atoms with Gasteiger partial charge in [0, 0.05) is 19.8 Å². The number of hydrogen-bond donors (Lipinski definition) is 1. The number of rotatable bonds is 4. The Morgan fingerprint density at radius 1 is 1.04 bits per heavy atom. The topological polar surface area (TPSA) is 84.9 Å². The molecule has 0 fully saturated rings. The van der Waals surface area contributed by atoms with Crippen LogP contribution in [0.5, 0.6) is 11.5 Å². The number of amides is 1. The van der Waals surface area contributed by atoms with Crippen molar-refractivity contribution in [3.05, 3.63) is 48.5 Å². The highest BCUT2D eigenvalue weighted by Crippen LogP contribution is 2.33. The Morgan fingerprint density at radius 2 is 1.69 bits per heavy atom. The first-order valence-electron chi connectivity index (χ1n) is 8.05. The molecular formula is C18H20N2O5S. The van der Waals surface area contributed by atoms with Gasteiger partial charge in [0.05, 0.1) is 4.90 Å². The number of para-hydroxylation sites is 2. The van der Waals surface area contributed by atoms with Crippen molar-refractivity contribution in [1.82, 2.24) is 4.31 Å². The fraction of sp³-hybridized carbons (Fsp3) is 0.278. The van der Waals surface area contributed by atoms with Crippen molar-refractivity contribution in [2.75, 3.05) is 19.4 Å². The minimum absolute atomic E-state index is 0.0968. The van der Waals surface area contributed by atoms with Gasteiger partial charge in [-0.2, -0.15) is 0 Å². The third kappa shape index (κ3) is 3.51. The van der Waals surface area contributed by atoms with Crippen LogP contribution in [0.3, 0.4) is 0 Å². The van der Waals surface area contributed by atoms with E-state index in [1.165, 1.54) is 26.2 Å². The maximum atomic E-state index is 12.6. The molecule has 2 aromatic rings. The molecule has 7 nitrogen and oxygen atoms in total. The zero-order valence-corrected chi connectivity index (χ0v) is 15.5. The van der Waals surface area contributed by atoms with E-state index in [9.17, 15) is 13.2 Å². The summed E-state index contributed by atoms with van der Waals surface area (Å²) >= 11 is 0. The van der Waals surface area contributed by atoms with Gasteiger partial charge in [-0.15, -0.1) is 0 Å². The van der Waals surface area contributed by atoms with E-state index in [0.717, 1.165) is 4.31 Å². The van der Waals surface area contributed by atoms with Crippen LogP contribution in [0.4, 0.5) is 5.69 Å². The second-order valence-corrected chi connectivity index (χ2v) is 8.26. The van der Waals surface area contributed by atoms with Crippen LogP contribution in [0.15, 0.2) is 53.4 Å². The lowest BCUT2D eigenvalue weighted by Crippen LogP contribution is -2.46. The summed E-state index contributed by atoms with van der Waals surface area (Å²) < 4.78 is 37.0. The van der Waals surface area contributed by atoms with E-state index in [2.05, 4.69) is 5.32 Å². The van der Waals surface area contributed by atoms with E-state index in [-0.39, 0.29) is 4.90 Å². The molecule has 1 aliphatic rings. The SMILES string of the molecule is C[C@H]1Oc2ccccc2O[C@H]1C(=O)Nc1cccc(S(=O)(=O)N(C)C)c1. The largest absolute Gasteiger partial charge is 0.482 e. The Bertz CT molecular complexity index is 927. The molecule has 1 aliphatic heterocycles. The van der Waals surface area contributed by atoms with Gasteiger partial charge in [-0.1, -0.05) is 18.2 Å². The second-order valence-electron chi connectivity index (χ2n) is 6.11. The maximum absolute atomic E-state index is 12.6. The number of sulfonamides is 1. The highest BCUT2D eigenvalue weighted by atomic mass is 32.2. The van der Waals surface area contributed by atoms with Gasteiger partial charge in [0.1, 0.15) is 6.10 Å². The molecule has 8 heteroatoms. The average Bonchev–Trinajstić information content (AvgIpc) is 2.61. The number of fused-ring (bicyclic) bond motifs is 1. The summed E-state index contributed by atoms with van der Waals surface area (Å²) in [4.78, 5) is 12.7. The van der Waals surface area contributed by atoms with Crippen LogP contribution in [0.1, 0.15) is 6.92 Å².